The summed E-state index contributed by atoms with van der Waals surface area (Å²) < 4.78 is 0. The van der Waals surface area contributed by atoms with Crippen LogP contribution in [-0.2, 0) is 6.42 Å². The molecule has 0 atom stereocenters. The first kappa shape index (κ1) is 11.4. The van der Waals surface area contributed by atoms with Gasteiger partial charge in [-0.2, -0.15) is 0 Å². The first-order valence-corrected chi connectivity index (χ1v) is 5.61. The molecule has 1 heterocycles. The number of anilines is 2. The van der Waals surface area contributed by atoms with E-state index >= 15 is 0 Å². The Hall–Kier alpha value is -2.10. The molecule has 4 heteroatoms. The Morgan fingerprint density at radius 1 is 1.18 bits per heavy atom. The second kappa shape index (κ2) is 5.30. The minimum atomic E-state index is 0.578. The topological polar surface area (TPSA) is 63.8 Å². The zero-order chi connectivity index (χ0) is 12.1. The van der Waals surface area contributed by atoms with Gasteiger partial charge >= 0.3 is 0 Å². The highest BCUT2D eigenvalue weighted by atomic mass is 15.1. The third-order valence-corrected chi connectivity index (χ3v) is 2.61. The highest BCUT2D eigenvalue weighted by Gasteiger charge is 1.98. The normalized spacial score (nSPS) is 10.2. The van der Waals surface area contributed by atoms with E-state index in [4.69, 9.17) is 5.73 Å². The van der Waals surface area contributed by atoms with Crippen molar-refractivity contribution in [3.63, 3.8) is 0 Å². The van der Waals surface area contributed by atoms with Crippen LogP contribution in [0.2, 0.25) is 0 Å². The van der Waals surface area contributed by atoms with Gasteiger partial charge in [0.1, 0.15) is 0 Å². The predicted molar refractivity (Wildman–Crippen MR) is 69.8 cm³/mol. The highest BCUT2D eigenvalue weighted by molar-refractivity contribution is 5.36. The monoisotopic (exact) mass is 228 g/mol. The van der Waals surface area contributed by atoms with Crippen molar-refractivity contribution in [2.24, 2.45) is 0 Å². The summed E-state index contributed by atoms with van der Waals surface area (Å²) in [7, 11) is 0. The summed E-state index contributed by atoms with van der Waals surface area (Å²) in [5.74, 6) is 0.618. The molecule has 2 aromatic rings. The molecule has 0 amide bonds. The number of nitrogens with one attached hydrogen (secondary N) is 1. The summed E-state index contributed by atoms with van der Waals surface area (Å²) in [4.78, 5) is 8.17. The van der Waals surface area contributed by atoms with Gasteiger partial charge in [0.25, 0.3) is 0 Å². The molecule has 0 radical (unpaired) electrons. The van der Waals surface area contributed by atoms with Gasteiger partial charge in [-0.15, -0.1) is 0 Å². The van der Waals surface area contributed by atoms with E-state index in [2.05, 4.69) is 46.5 Å². The maximum atomic E-state index is 5.51. The van der Waals surface area contributed by atoms with Gasteiger partial charge in [0.2, 0.25) is 5.95 Å². The van der Waals surface area contributed by atoms with Crippen molar-refractivity contribution in [2.75, 3.05) is 17.6 Å². The van der Waals surface area contributed by atoms with E-state index in [9.17, 15) is 0 Å². The van der Waals surface area contributed by atoms with Crippen LogP contribution in [0.25, 0.3) is 0 Å². The van der Waals surface area contributed by atoms with E-state index in [1.165, 1.54) is 11.1 Å². The lowest BCUT2D eigenvalue weighted by Crippen LogP contribution is -2.08. The number of nitrogens with zero attached hydrogens (tertiary/aromatic N) is 2. The number of aryl methyl sites for hydroxylation is 1. The second-order valence-corrected chi connectivity index (χ2v) is 3.94. The van der Waals surface area contributed by atoms with E-state index in [1.807, 2.05) is 0 Å². The number of aromatic nitrogens is 2. The van der Waals surface area contributed by atoms with Gasteiger partial charge < -0.3 is 11.1 Å². The van der Waals surface area contributed by atoms with Crippen molar-refractivity contribution < 1.29 is 0 Å². The Kier molecular flexibility index (Phi) is 3.55. The van der Waals surface area contributed by atoms with E-state index in [-0.39, 0.29) is 0 Å². The molecule has 0 bridgehead atoms. The summed E-state index contributed by atoms with van der Waals surface area (Å²) in [6.07, 6.45) is 4.16. The molecule has 3 N–H and O–H groups in total. The van der Waals surface area contributed by atoms with Crippen molar-refractivity contribution in [2.45, 2.75) is 13.3 Å². The summed E-state index contributed by atoms with van der Waals surface area (Å²) in [5, 5.41) is 3.17. The lowest BCUT2D eigenvalue weighted by atomic mass is 10.1. The molecule has 0 aliphatic rings. The minimum absolute atomic E-state index is 0.578. The number of benzene rings is 1. The van der Waals surface area contributed by atoms with Gasteiger partial charge in [-0.3, -0.25) is 0 Å². The molecule has 0 fully saturated rings. The maximum absolute atomic E-state index is 5.51. The number of hydrogen-bond donors (Lipinski definition) is 2. The molecule has 0 spiro atoms. The molecule has 17 heavy (non-hydrogen) atoms. The lowest BCUT2D eigenvalue weighted by molar-refractivity contribution is 0.975. The van der Waals surface area contributed by atoms with E-state index in [0.717, 1.165) is 13.0 Å². The molecule has 2 rings (SSSR count). The second-order valence-electron chi connectivity index (χ2n) is 3.94. The highest BCUT2D eigenvalue weighted by Crippen LogP contribution is 2.08. The molecule has 0 unspecified atom stereocenters. The van der Waals surface area contributed by atoms with E-state index < -0.39 is 0 Å². The molecule has 88 valence electrons. The third kappa shape index (κ3) is 3.17. The quantitative estimate of drug-likeness (QED) is 0.840. The van der Waals surface area contributed by atoms with Gasteiger partial charge in [0, 0.05) is 6.54 Å². The summed E-state index contributed by atoms with van der Waals surface area (Å²) >= 11 is 0. The molecule has 1 aromatic heterocycles. The fourth-order valence-corrected chi connectivity index (χ4v) is 1.63. The number of nitrogen functional groups attached to an aromatic ring is 1. The summed E-state index contributed by atoms with van der Waals surface area (Å²) in [5.41, 5.74) is 8.75. The van der Waals surface area contributed by atoms with Crippen LogP contribution in [0.15, 0.2) is 36.7 Å². The van der Waals surface area contributed by atoms with Crippen LogP contribution >= 0.6 is 0 Å². The summed E-state index contributed by atoms with van der Waals surface area (Å²) in [6.45, 7) is 2.93. The average Bonchev–Trinajstić information content (AvgIpc) is 2.34. The Bertz CT molecular complexity index is 479. The largest absolute Gasteiger partial charge is 0.396 e. The van der Waals surface area contributed by atoms with Crippen molar-refractivity contribution in [1.29, 1.82) is 0 Å². The Morgan fingerprint density at radius 2 is 1.88 bits per heavy atom. The van der Waals surface area contributed by atoms with Crippen LogP contribution in [0.4, 0.5) is 11.6 Å². The molecule has 0 saturated heterocycles. The molecule has 4 nitrogen and oxygen atoms in total. The third-order valence-electron chi connectivity index (χ3n) is 2.61. The van der Waals surface area contributed by atoms with Crippen molar-refractivity contribution in [3.05, 3.63) is 47.8 Å². The van der Waals surface area contributed by atoms with Crippen LogP contribution in [0.1, 0.15) is 11.1 Å². The molecule has 0 aliphatic carbocycles. The van der Waals surface area contributed by atoms with Crippen LogP contribution < -0.4 is 11.1 Å². The van der Waals surface area contributed by atoms with E-state index in [0.29, 0.717) is 11.6 Å². The van der Waals surface area contributed by atoms with Crippen LogP contribution in [0.5, 0.6) is 0 Å². The summed E-state index contributed by atoms with van der Waals surface area (Å²) in [6, 6.07) is 8.37. The van der Waals surface area contributed by atoms with Gasteiger partial charge in [0.05, 0.1) is 18.1 Å². The van der Waals surface area contributed by atoms with Crippen molar-refractivity contribution in [3.8, 4) is 0 Å². The van der Waals surface area contributed by atoms with Crippen molar-refractivity contribution >= 4 is 11.6 Å². The fraction of sp³-hybridized carbons (Fsp3) is 0.231. The smallest absolute Gasteiger partial charge is 0.222 e. The average molecular weight is 228 g/mol. The van der Waals surface area contributed by atoms with Crippen LogP contribution in [0.3, 0.4) is 0 Å². The first-order chi connectivity index (χ1) is 8.25. The van der Waals surface area contributed by atoms with Gasteiger partial charge in [0.15, 0.2) is 0 Å². The molecular weight excluding hydrogens is 212 g/mol. The van der Waals surface area contributed by atoms with Crippen molar-refractivity contribution in [1.82, 2.24) is 9.97 Å². The number of rotatable bonds is 4. The first-order valence-electron chi connectivity index (χ1n) is 5.61. The Labute approximate surface area is 101 Å². The minimum Gasteiger partial charge on any atom is -0.396 e. The van der Waals surface area contributed by atoms with Gasteiger partial charge in [-0.1, -0.05) is 24.3 Å². The molecule has 0 saturated carbocycles. The van der Waals surface area contributed by atoms with Crippen LogP contribution in [0, 0.1) is 6.92 Å². The molecule has 0 aliphatic heterocycles. The molecular formula is C13H16N4. The standard InChI is InChI=1S/C13H16N4/c1-10-4-2-3-5-11(10)6-7-15-13-16-8-12(14)9-17-13/h2-5,8-9H,6-7,14H2,1H3,(H,15,16,17). The van der Waals surface area contributed by atoms with E-state index in [1.54, 1.807) is 12.4 Å². The molecule has 1 aromatic carbocycles. The van der Waals surface area contributed by atoms with Gasteiger partial charge in [-0.05, 0) is 24.5 Å². The zero-order valence-electron chi connectivity index (χ0n) is 9.85. The number of hydrogen-bond acceptors (Lipinski definition) is 4. The van der Waals surface area contributed by atoms with Gasteiger partial charge in [-0.25, -0.2) is 9.97 Å². The zero-order valence-corrected chi connectivity index (χ0v) is 9.85. The fourth-order valence-electron chi connectivity index (χ4n) is 1.63. The van der Waals surface area contributed by atoms with Crippen LogP contribution in [-0.4, -0.2) is 16.5 Å². The Balaban J connectivity index is 1.88. The maximum Gasteiger partial charge on any atom is 0.222 e. The predicted octanol–water partition coefficient (Wildman–Crippen LogP) is 2.02. The Morgan fingerprint density at radius 3 is 2.59 bits per heavy atom. The SMILES string of the molecule is Cc1ccccc1CCNc1ncc(N)cn1. The lowest BCUT2D eigenvalue weighted by Gasteiger charge is -2.07. The number of nitrogens with two attached hydrogens (primary N) is 1.